The van der Waals surface area contributed by atoms with Gasteiger partial charge in [0.2, 0.25) is 5.91 Å². The Balaban J connectivity index is 2.94. The summed E-state index contributed by atoms with van der Waals surface area (Å²) >= 11 is 0. The van der Waals surface area contributed by atoms with Crippen LogP contribution in [0.5, 0.6) is 0 Å². The first-order chi connectivity index (χ1) is 9.70. The molecule has 2 N–H and O–H groups in total. The predicted octanol–water partition coefficient (Wildman–Crippen LogP) is 1.76. The summed E-state index contributed by atoms with van der Waals surface area (Å²) in [6, 6.07) is -0.859. The van der Waals surface area contributed by atoms with Crippen molar-refractivity contribution in [3.8, 4) is 0 Å². The number of rotatable bonds is 6. The first kappa shape index (κ1) is 17.2. The molecule has 21 heavy (non-hydrogen) atoms. The number of hydrogen-bond acceptors (Lipinski definition) is 3. The van der Waals surface area contributed by atoms with Gasteiger partial charge in [-0.2, -0.15) is 5.10 Å². The lowest BCUT2D eigenvalue weighted by Gasteiger charge is -2.22. The van der Waals surface area contributed by atoms with E-state index in [1.165, 1.54) is 0 Å². The highest BCUT2D eigenvalue weighted by Gasteiger charge is 2.29. The Labute approximate surface area is 125 Å². The van der Waals surface area contributed by atoms with Gasteiger partial charge in [0.05, 0.1) is 11.6 Å². The maximum Gasteiger partial charge on any atom is 0.326 e. The summed E-state index contributed by atoms with van der Waals surface area (Å²) in [6.07, 6.45) is 0.691. The number of nitrogens with zero attached hydrogens (tertiary/aromatic N) is 2. The third kappa shape index (κ3) is 3.62. The molecule has 0 bridgehead atoms. The largest absolute Gasteiger partial charge is 0.480 e. The van der Waals surface area contributed by atoms with Crippen LogP contribution < -0.4 is 5.32 Å². The molecule has 1 amide bonds. The lowest BCUT2D eigenvalue weighted by atomic mass is 9.95. The molecule has 0 saturated heterocycles. The molecule has 0 aliphatic heterocycles. The average Bonchev–Trinajstić information content (AvgIpc) is 2.67. The maximum absolute atomic E-state index is 12.4. The molecule has 6 heteroatoms. The summed E-state index contributed by atoms with van der Waals surface area (Å²) in [5.74, 6) is -1.81. The van der Waals surface area contributed by atoms with E-state index in [-0.39, 0.29) is 11.8 Å². The fourth-order valence-electron chi connectivity index (χ4n) is 2.51. The minimum absolute atomic E-state index is 0.116. The monoisotopic (exact) mass is 295 g/mol. The molecular formula is C15H25N3O3. The van der Waals surface area contributed by atoms with Crippen molar-refractivity contribution >= 4 is 11.9 Å². The number of carboxylic acid groups (broad SMARTS) is 1. The lowest BCUT2D eigenvalue weighted by Crippen LogP contribution is -2.46. The van der Waals surface area contributed by atoms with Crippen molar-refractivity contribution in [1.29, 1.82) is 0 Å². The van der Waals surface area contributed by atoms with Gasteiger partial charge in [-0.25, -0.2) is 4.79 Å². The molecule has 0 radical (unpaired) electrons. The normalized spacial score (nSPS) is 15.3. The molecule has 0 spiro atoms. The van der Waals surface area contributed by atoms with Crippen LogP contribution in [-0.4, -0.2) is 32.8 Å². The molecule has 0 fully saturated rings. The number of aromatic nitrogens is 2. The SMILES string of the molecule is CC[C@H](C)[C@H](NC(=O)C(C)c1c(C)nn(C)c1C)C(=O)O. The molecule has 0 aliphatic carbocycles. The van der Waals surface area contributed by atoms with Crippen LogP contribution in [0, 0.1) is 19.8 Å². The fourth-order valence-corrected chi connectivity index (χ4v) is 2.51. The lowest BCUT2D eigenvalue weighted by molar-refractivity contribution is -0.143. The van der Waals surface area contributed by atoms with E-state index >= 15 is 0 Å². The van der Waals surface area contributed by atoms with Gasteiger partial charge in [0.15, 0.2) is 0 Å². The number of amides is 1. The number of carboxylic acids is 1. The van der Waals surface area contributed by atoms with Gasteiger partial charge >= 0.3 is 5.97 Å². The van der Waals surface area contributed by atoms with Crippen LogP contribution in [0.25, 0.3) is 0 Å². The number of carbonyl (C=O) groups excluding carboxylic acids is 1. The highest BCUT2D eigenvalue weighted by molar-refractivity contribution is 5.88. The van der Waals surface area contributed by atoms with Crippen LogP contribution in [0.15, 0.2) is 0 Å². The van der Waals surface area contributed by atoms with Crippen molar-refractivity contribution < 1.29 is 14.7 Å². The van der Waals surface area contributed by atoms with E-state index < -0.39 is 17.9 Å². The van der Waals surface area contributed by atoms with Crippen molar-refractivity contribution in [3.05, 3.63) is 17.0 Å². The Morgan fingerprint density at radius 2 is 1.90 bits per heavy atom. The van der Waals surface area contributed by atoms with Crippen molar-refractivity contribution in [2.45, 2.75) is 53.0 Å². The Morgan fingerprint density at radius 3 is 2.29 bits per heavy atom. The molecule has 1 aromatic rings. The Kier molecular flexibility index (Phi) is 5.52. The van der Waals surface area contributed by atoms with Crippen LogP contribution in [0.1, 0.15) is 50.1 Å². The van der Waals surface area contributed by atoms with Gasteiger partial charge in [-0.15, -0.1) is 0 Å². The molecule has 6 nitrogen and oxygen atoms in total. The maximum atomic E-state index is 12.4. The molecule has 1 heterocycles. The number of aryl methyl sites for hydroxylation is 2. The van der Waals surface area contributed by atoms with Crippen LogP contribution in [0.2, 0.25) is 0 Å². The summed E-state index contributed by atoms with van der Waals surface area (Å²) < 4.78 is 1.73. The van der Waals surface area contributed by atoms with E-state index in [9.17, 15) is 14.7 Å². The molecule has 0 aromatic carbocycles. The van der Waals surface area contributed by atoms with Gasteiger partial charge in [-0.05, 0) is 26.7 Å². The summed E-state index contributed by atoms with van der Waals surface area (Å²) in [7, 11) is 1.83. The van der Waals surface area contributed by atoms with Crippen LogP contribution in [0.3, 0.4) is 0 Å². The summed E-state index contributed by atoms with van der Waals surface area (Å²) in [6.45, 7) is 9.27. The van der Waals surface area contributed by atoms with Crippen LogP contribution >= 0.6 is 0 Å². The van der Waals surface area contributed by atoms with Crippen molar-refractivity contribution in [1.82, 2.24) is 15.1 Å². The second-order valence-electron chi connectivity index (χ2n) is 5.64. The van der Waals surface area contributed by atoms with E-state index in [1.807, 2.05) is 34.7 Å². The predicted molar refractivity (Wildman–Crippen MR) is 80.1 cm³/mol. The van der Waals surface area contributed by atoms with Gasteiger partial charge in [0.1, 0.15) is 6.04 Å². The molecule has 118 valence electrons. The topological polar surface area (TPSA) is 84.2 Å². The number of aliphatic carboxylic acids is 1. The second-order valence-corrected chi connectivity index (χ2v) is 5.64. The second kappa shape index (κ2) is 6.74. The molecule has 1 rings (SSSR count). The fraction of sp³-hybridized carbons (Fsp3) is 0.667. The third-order valence-electron chi connectivity index (χ3n) is 4.17. The summed E-state index contributed by atoms with van der Waals surface area (Å²) in [5.41, 5.74) is 2.59. The zero-order valence-corrected chi connectivity index (χ0v) is 13.6. The van der Waals surface area contributed by atoms with E-state index in [2.05, 4.69) is 10.4 Å². The minimum atomic E-state index is -0.996. The molecule has 1 unspecified atom stereocenters. The Bertz CT molecular complexity index is 537. The van der Waals surface area contributed by atoms with Gasteiger partial charge in [0.25, 0.3) is 0 Å². The van der Waals surface area contributed by atoms with Crippen LogP contribution in [-0.2, 0) is 16.6 Å². The van der Waals surface area contributed by atoms with Crippen LogP contribution in [0.4, 0.5) is 0 Å². The van der Waals surface area contributed by atoms with Gasteiger partial charge < -0.3 is 10.4 Å². The number of hydrogen-bond donors (Lipinski definition) is 2. The van der Waals surface area contributed by atoms with Crippen molar-refractivity contribution in [2.75, 3.05) is 0 Å². The minimum Gasteiger partial charge on any atom is -0.480 e. The average molecular weight is 295 g/mol. The molecular weight excluding hydrogens is 270 g/mol. The highest BCUT2D eigenvalue weighted by atomic mass is 16.4. The Hall–Kier alpha value is -1.85. The summed E-state index contributed by atoms with van der Waals surface area (Å²) in [4.78, 5) is 23.7. The number of nitrogens with one attached hydrogen (secondary N) is 1. The van der Waals surface area contributed by atoms with Crippen molar-refractivity contribution in [2.24, 2.45) is 13.0 Å². The quantitative estimate of drug-likeness (QED) is 0.837. The van der Waals surface area contributed by atoms with E-state index in [4.69, 9.17) is 0 Å². The molecule has 0 aliphatic rings. The third-order valence-corrected chi connectivity index (χ3v) is 4.17. The summed E-state index contributed by atoms with van der Waals surface area (Å²) in [5, 5.41) is 16.2. The van der Waals surface area contributed by atoms with E-state index in [0.717, 1.165) is 17.0 Å². The zero-order valence-electron chi connectivity index (χ0n) is 13.6. The first-order valence-corrected chi connectivity index (χ1v) is 7.23. The highest BCUT2D eigenvalue weighted by Crippen LogP contribution is 2.23. The first-order valence-electron chi connectivity index (χ1n) is 7.23. The van der Waals surface area contributed by atoms with Crippen molar-refractivity contribution in [3.63, 3.8) is 0 Å². The molecule has 3 atom stereocenters. The Morgan fingerprint density at radius 1 is 1.33 bits per heavy atom. The zero-order chi connectivity index (χ0) is 16.3. The van der Waals surface area contributed by atoms with Gasteiger partial charge in [-0.3, -0.25) is 9.48 Å². The van der Waals surface area contributed by atoms with Gasteiger partial charge in [-0.1, -0.05) is 20.3 Å². The van der Waals surface area contributed by atoms with E-state index in [1.54, 1.807) is 11.6 Å². The number of carbonyl (C=O) groups is 2. The van der Waals surface area contributed by atoms with E-state index in [0.29, 0.717) is 6.42 Å². The van der Waals surface area contributed by atoms with Gasteiger partial charge in [0, 0.05) is 18.3 Å². The standard InChI is InChI=1S/C15H25N3O3/c1-7-8(2)13(15(20)21)16-14(19)9(3)12-10(4)17-18(6)11(12)5/h8-9,13H,7H2,1-6H3,(H,16,19)(H,20,21)/t8-,9?,13-/m0/s1. The smallest absolute Gasteiger partial charge is 0.326 e. The molecule has 1 aromatic heterocycles. The molecule has 0 saturated carbocycles.